The summed E-state index contributed by atoms with van der Waals surface area (Å²) in [5.74, 6) is 0. The fraction of sp³-hybridized carbons (Fsp3) is 0.538. The molecule has 1 heterocycles. The second kappa shape index (κ2) is 6.25. The molecule has 0 radical (unpaired) electrons. The van der Waals surface area contributed by atoms with Gasteiger partial charge in [-0.1, -0.05) is 12.1 Å². The Morgan fingerprint density at radius 2 is 1.74 bits per heavy atom. The maximum absolute atomic E-state index is 12.0. The van der Waals surface area contributed by atoms with Crippen molar-refractivity contribution < 1.29 is 17.9 Å². The number of anilines is 1. The Morgan fingerprint density at radius 3 is 2.32 bits per heavy atom. The monoisotopic (exact) mass is 274 g/mol. The largest absolute Gasteiger partial charge is 0.405 e. The maximum Gasteiger partial charge on any atom is 0.405 e. The van der Waals surface area contributed by atoms with E-state index in [2.05, 4.69) is 10.2 Å². The Kier molecular flexibility index (Phi) is 4.66. The van der Waals surface area contributed by atoms with Gasteiger partial charge in [-0.25, -0.2) is 0 Å². The molecule has 0 bridgehead atoms. The van der Waals surface area contributed by atoms with E-state index in [0.29, 0.717) is 5.69 Å². The Morgan fingerprint density at radius 1 is 1.11 bits per heavy atom. The zero-order valence-corrected chi connectivity index (χ0v) is 10.5. The summed E-state index contributed by atoms with van der Waals surface area (Å²) in [6.45, 7) is 3.08. The van der Waals surface area contributed by atoms with Gasteiger partial charge >= 0.3 is 6.18 Å². The molecule has 1 aromatic rings. The number of halogens is 3. The molecule has 0 spiro atoms. The van der Waals surface area contributed by atoms with Crippen molar-refractivity contribution in [2.75, 3.05) is 38.2 Å². The van der Waals surface area contributed by atoms with Crippen molar-refractivity contribution in [2.24, 2.45) is 0 Å². The van der Waals surface area contributed by atoms with Gasteiger partial charge in [-0.2, -0.15) is 13.2 Å². The molecule has 1 fully saturated rings. The highest BCUT2D eigenvalue weighted by Gasteiger charge is 2.26. The first-order valence-corrected chi connectivity index (χ1v) is 6.23. The topological polar surface area (TPSA) is 24.5 Å². The molecular weight excluding hydrogens is 257 g/mol. The fourth-order valence-electron chi connectivity index (χ4n) is 1.95. The van der Waals surface area contributed by atoms with Crippen LogP contribution in [-0.4, -0.2) is 43.9 Å². The minimum absolute atomic E-state index is 0.489. The zero-order valence-electron chi connectivity index (χ0n) is 10.5. The summed E-state index contributed by atoms with van der Waals surface area (Å²) >= 11 is 0. The van der Waals surface area contributed by atoms with Gasteiger partial charge < -0.3 is 10.1 Å². The lowest BCUT2D eigenvalue weighted by Crippen LogP contribution is -2.35. The van der Waals surface area contributed by atoms with Crippen LogP contribution >= 0.6 is 0 Å². The van der Waals surface area contributed by atoms with E-state index in [1.54, 1.807) is 12.1 Å². The zero-order chi connectivity index (χ0) is 13.7. The van der Waals surface area contributed by atoms with Crippen LogP contribution in [0.4, 0.5) is 18.9 Å². The summed E-state index contributed by atoms with van der Waals surface area (Å²) in [5.41, 5.74) is 1.59. The van der Waals surface area contributed by atoms with Crippen LogP contribution in [-0.2, 0) is 11.3 Å². The smallest absolute Gasteiger partial charge is 0.379 e. The van der Waals surface area contributed by atoms with Crippen LogP contribution < -0.4 is 5.32 Å². The molecule has 0 atom stereocenters. The highest BCUT2D eigenvalue weighted by atomic mass is 19.4. The summed E-state index contributed by atoms with van der Waals surface area (Å²) in [5, 5.41) is 2.36. The number of morpholine rings is 1. The molecule has 3 nitrogen and oxygen atoms in total. The van der Waals surface area contributed by atoms with Gasteiger partial charge in [0.2, 0.25) is 0 Å². The minimum Gasteiger partial charge on any atom is -0.379 e. The lowest BCUT2D eigenvalue weighted by Gasteiger charge is -2.26. The first-order valence-electron chi connectivity index (χ1n) is 6.23. The summed E-state index contributed by atoms with van der Waals surface area (Å²) < 4.78 is 41.4. The van der Waals surface area contributed by atoms with Gasteiger partial charge in [0.15, 0.2) is 0 Å². The van der Waals surface area contributed by atoms with Crippen LogP contribution in [0.5, 0.6) is 0 Å². The first-order chi connectivity index (χ1) is 9.03. The molecule has 106 valence electrons. The van der Waals surface area contributed by atoms with Crippen molar-refractivity contribution in [3.05, 3.63) is 29.8 Å². The molecule has 1 aromatic carbocycles. The molecule has 1 aliphatic rings. The van der Waals surface area contributed by atoms with Crippen LogP contribution in [0.2, 0.25) is 0 Å². The summed E-state index contributed by atoms with van der Waals surface area (Å²) in [7, 11) is 0. The second-order valence-corrected chi connectivity index (χ2v) is 4.55. The number of alkyl halides is 3. The van der Waals surface area contributed by atoms with Gasteiger partial charge in [-0.15, -0.1) is 0 Å². The van der Waals surface area contributed by atoms with Gasteiger partial charge in [-0.3, -0.25) is 4.90 Å². The van der Waals surface area contributed by atoms with Gasteiger partial charge in [0.25, 0.3) is 0 Å². The average Bonchev–Trinajstić information content (AvgIpc) is 2.38. The number of rotatable bonds is 4. The fourth-order valence-corrected chi connectivity index (χ4v) is 1.95. The number of nitrogens with one attached hydrogen (secondary N) is 1. The van der Waals surface area contributed by atoms with E-state index >= 15 is 0 Å². The number of nitrogens with zero attached hydrogens (tertiary/aromatic N) is 1. The van der Waals surface area contributed by atoms with E-state index in [1.807, 2.05) is 12.1 Å². The number of ether oxygens (including phenoxy) is 1. The summed E-state index contributed by atoms with van der Waals surface area (Å²) in [6.07, 6.45) is -4.19. The number of hydrogen-bond donors (Lipinski definition) is 1. The molecule has 1 saturated heterocycles. The van der Waals surface area contributed by atoms with Crippen LogP contribution in [0.1, 0.15) is 5.56 Å². The molecule has 0 unspecified atom stereocenters. The lowest BCUT2D eigenvalue weighted by atomic mass is 10.2. The predicted octanol–water partition coefficient (Wildman–Crippen LogP) is 2.49. The third-order valence-electron chi connectivity index (χ3n) is 2.96. The Bertz CT molecular complexity index is 386. The second-order valence-electron chi connectivity index (χ2n) is 4.55. The quantitative estimate of drug-likeness (QED) is 0.913. The van der Waals surface area contributed by atoms with Crippen LogP contribution in [0, 0.1) is 0 Å². The SMILES string of the molecule is FC(F)(F)CNc1ccc(CN2CCOCC2)cc1. The third kappa shape index (κ3) is 5.08. The van der Waals surface area contributed by atoms with E-state index in [1.165, 1.54) is 0 Å². The first kappa shape index (κ1) is 14.1. The molecule has 0 aromatic heterocycles. The van der Waals surface area contributed by atoms with Crippen molar-refractivity contribution in [1.29, 1.82) is 0 Å². The van der Waals surface area contributed by atoms with Crippen molar-refractivity contribution >= 4 is 5.69 Å². The molecule has 1 N–H and O–H groups in total. The van der Waals surface area contributed by atoms with Crippen LogP contribution in [0.3, 0.4) is 0 Å². The van der Waals surface area contributed by atoms with Gasteiger partial charge in [0.05, 0.1) is 13.2 Å². The lowest BCUT2D eigenvalue weighted by molar-refractivity contribution is -0.115. The Hall–Kier alpha value is -1.27. The molecule has 1 aliphatic heterocycles. The average molecular weight is 274 g/mol. The van der Waals surface area contributed by atoms with Gasteiger partial charge in [-0.05, 0) is 17.7 Å². The predicted molar refractivity (Wildman–Crippen MR) is 67.1 cm³/mol. The van der Waals surface area contributed by atoms with Crippen molar-refractivity contribution in [3.8, 4) is 0 Å². The molecule has 19 heavy (non-hydrogen) atoms. The molecule has 2 rings (SSSR count). The van der Waals surface area contributed by atoms with Crippen LogP contribution in [0.15, 0.2) is 24.3 Å². The Balaban J connectivity index is 1.83. The van der Waals surface area contributed by atoms with Crippen molar-refractivity contribution in [3.63, 3.8) is 0 Å². The molecule has 0 saturated carbocycles. The highest BCUT2D eigenvalue weighted by Crippen LogP contribution is 2.17. The van der Waals surface area contributed by atoms with E-state index in [-0.39, 0.29) is 0 Å². The minimum atomic E-state index is -4.19. The summed E-state index contributed by atoms with van der Waals surface area (Å²) in [6, 6.07) is 7.07. The molecule has 0 aliphatic carbocycles. The number of hydrogen-bond acceptors (Lipinski definition) is 3. The van der Waals surface area contributed by atoms with E-state index in [9.17, 15) is 13.2 Å². The molecule has 0 amide bonds. The normalized spacial score (nSPS) is 17.4. The van der Waals surface area contributed by atoms with E-state index in [4.69, 9.17) is 4.74 Å². The third-order valence-corrected chi connectivity index (χ3v) is 2.96. The van der Waals surface area contributed by atoms with Crippen LogP contribution in [0.25, 0.3) is 0 Å². The summed E-state index contributed by atoms with van der Waals surface area (Å²) in [4.78, 5) is 2.27. The Labute approximate surface area is 110 Å². The number of benzene rings is 1. The van der Waals surface area contributed by atoms with Gasteiger partial charge in [0.1, 0.15) is 6.54 Å². The standard InChI is InChI=1S/C13H17F3N2O/c14-13(15,16)10-17-12-3-1-11(2-4-12)9-18-5-7-19-8-6-18/h1-4,17H,5-10H2. The highest BCUT2D eigenvalue weighted by molar-refractivity contribution is 5.44. The van der Waals surface area contributed by atoms with E-state index < -0.39 is 12.7 Å². The van der Waals surface area contributed by atoms with Gasteiger partial charge in [0, 0.05) is 25.3 Å². The van der Waals surface area contributed by atoms with Crippen molar-refractivity contribution in [2.45, 2.75) is 12.7 Å². The maximum atomic E-state index is 12.0. The molecular formula is C13H17F3N2O. The van der Waals surface area contributed by atoms with E-state index in [0.717, 1.165) is 38.4 Å². The molecule has 6 heteroatoms. The van der Waals surface area contributed by atoms with Crippen molar-refractivity contribution in [1.82, 2.24) is 4.90 Å².